The summed E-state index contributed by atoms with van der Waals surface area (Å²) in [5, 5.41) is 18.9. The molecule has 0 fully saturated rings. The maximum Gasteiger partial charge on any atom is 0.362 e. The molecule has 110 valence electrons. The highest BCUT2D eigenvalue weighted by Crippen LogP contribution is 2.28. The van der Waals surface area contributed by atoms with E-state index in [0.29, 0.717) is 4.47 Å². The van der Waals surface area contributed by atoms with Crippen LogP contribution in [0, 0.1) is 15.9 Å². The van der Waals surface area contributed by atoms with Crippen molar-refractivity contribution in [2.45, 2.75) is 0 Å². The van der Waals surface area contributed by atoms with Crippen LogP contribution < -0.4 is 10.1 Å². The van der Waals surface area contributed by atoms with E-state index in [1.165, 1.54) is 19.2 Å². The molecule has 1 aromatic carbocycles. The third kappa shape index (κ3) is 2.99. The van der Waals surface area contributed by atoms with Gasteiger partial charge in [-0.05, 0) is 18.2 Å². The molecule has 2 rings (SSSR count). The molecular weight excluding hydrogens is 351 g/mol. The largest absolute Gasteiger partial charge is 0.475 e. The Morgan fingerprint density at radius 3 is 2.86 bits per heavy atom. The van der Waals surface area contributed by atoms with Gasteiger partial charge < -0.3 is 10.1 Å². The minimum atomic E-state index is -0.904. The molecule has 0 saturated heterocycles. The molecule has 1 amide bonds. The molecule has 8 nitrogen and oxygen atoms in total. The van der Waals surface area contributed by atoms with Crippen LogP contribution in [0.25, 0.3) is 0 Å². The van der Waals surface area contributed by atoms with Gasteiger partial charge in [-0.15, -0.1) is 5.10 Å². The molecule has 0 radical (unpaired) electrons. The minimum absolute atomic E-state index is 0.119. The predicted molar refractivity (Wildman–Crippen MR) is 73.8 cm³/mol. The standard InChI is InChI=1S/C11H8BrFN4O4/c1-21-11-9(17(19)20)8(15-16-11)10(18)14-7-3-2-5(12)4-6(7)13/h2-4H,1H3,(H,14,18)(H,15,16). The summed E-state index contributed by atoms with van der Waals surface area (Å²) < 4.78 is 18.8. The fourth-order valence-electron chi connectivity index (χ4n) is 1.57. The van der Waals surface area contributed by atoms with Crippen molar-refractivity contribution < 1.29 is 18.8 Å². The number of carbonyl (C=O) groups is 1. The van der Waals surface area contributed by atoms with Crippen LogP contribution in [0.4, 0.5) is 15.8 Å². The van der Waals surface area contributed by atoms with Crippen LogP contribution in [0.1, 0.15) is 10.5 Å². The average Bonchev–Trinajstić information content (AvgIpc) is 2.86. The second kappa shape index (κ2) is 5.87. The molecule has 0 aliphatic rings. The Kier molecular flexibility index (Phi) is 4.17. The number of hydrogen-bond acceptors (Lipinski definition) is 5. The summed E-state index contributed by atoms with van der Waals surface area (Å²) in [5.74, 6) is -1.92. The number of nitrogens with zero attached hydrogens (tertiary/aromatic N) is 2. The quantitative estimate of drug-likeness (QED) is 0.644. The monoisotopic (exact) mass is 358 g/mol. The molecule has 0 unspecified atom stereocenters. The maximum atomic E-state index is 13.6. The highest BCUT2D eigenvalue weighted by molar-refractivity contribution is 9.10. The second-order valence-electron chi connectivity index (χ2n) is 3.79. The number of H-pyrrole nitrogens is 1. The van der Waals surface area contributed by atoms with E-state index in [1.54, 1.807) is 0 Å². The van der Waals surface area contributed by atoms with Gasteiger partial charge in [0, 0.05) is 4.47 Å². The lowest BCUT2D eigenvalue weighted by atomic mass is 10.3. The number of rotatable bonds is 4. The van der Waals surface area contributed by atoms with Gasteiger partial charge in [0.25, 0.3) is 5.91 Å². The van der Waals surface area contributed by atoms with Crippen molar-refractivity contribution in [3.63, 3.8) is 0 Å². The van der Waals surface area contributed by atoms with Crippen LogP contribution >= 0.6 is 15.9 Å². The first-order valence-corrected chi connectivity index (χ1v) is 6.26. The molecule has 1 heterocycles. The number of nitrogens with one attached hydrogen (secondary N) is 2. The van der Waals surface area contributed by atoms with E-state index in [-0.39, 0.29) is 11.6 Å². The van der Waals surface area contributed by atoms with Gasteiger partial charge in [0.2, 0.25) is 5.69 Å². The number of benzene rings is 1. The Hall–Kier alpha value is -2.49. The number of ether oxygens (including phenoxy) is 1. The van der Waals surface area contributed by atoms with Crippen molar-refractivity contribution in [1.82, 2.24) is 10.2 Å². The second-order valence-corrected chi connectivity index (χ2v) is 4.71. The van der Waals surface area contributed by atoms with E-state index in [2.05, 4.69) is 36.2 Å². The Morgan fingerprint density at radius 1 is 1.57 bits per heavy atom. The number of carbonyl (C=O) groups excluding carboxylic acids is 1. The fraction of sp³-hybridized carbons (Fsp3) is 0.0909. The van der Waals surface area contributed by atoms with Crippen molar-refractivity contribution in [2.75, 3.05) is 12.4 Å². The van der Waals surface area contributed by atoms with Gasteiger partial charge in [-0.25, -0.2) is 4.39 Å². The Balaban J connectivity index is 2.33. The highest BCUT2D eigenvalue weighted by atomic mass is 79.9. The average molecular weight is 359 g/mol. The van der Waals surface area contributed by atoms with Crippen LogP contribution in [-0.2, 0) is 0 Å². The van der Waals surface area contributed by atoms with Crippen LogP contribution in [-0.4, -0.2) is 28.1 Å². The lowest BCUT2D eigenvalue weighted by molar-refractivity contribution is -0.386. The number of methoxy groups -OCH3 is 1. The summed E-state index contributed by atoms with van der Waals surface area (Å²) in [7, 11) is 1.18. The maximum absolute atomic E-state index is 13.6. The molecule has 0 atom stereocenters. The summed E-state index contributed by atoms with van der Waals surface area (Å²) in [6.07, 6.45) is 0. The first-order valence-electron chi connectivity index (χ1n) is 5.47. The molecule has 0 saturated carbocycles. The first kappa shape index (κ1) is 14.9. The fourth-order valence-corrected chi connectivity index (χ4v) is 1.90. The molecule has 0 aliphatic carbocycles. The third-order valence-electron chi connectivity index (χ3n) is 2.49. The topological polar surface area (TPSA) is 110 Å². The van der Waals surface area contributed by atoms with Gasteiger partial charge in [0.15, 0.2) is 0 Å². The molecular formula is C11H8BrFN4O4. The Bertz CT molecular complexity index is 718. The lowest BCUT2D eigenvalue weighted by Crippen LogP contribution is -2.15. The lowest BCUT2D eigenvalue weighted by Gasteiger charge is -2.05. The van der Waals surface area contributed by atoms with Gasteiger partial charge in [-0.2, -0.15) is 0 Å². The normalized spacial score (nSPS) is 10.2. The van der Waals surface area contributed by atoms with Crippen molar-refractivity contribution in [1.29, 1.82) is 0 Å². The number of nitro groups is 1. The summed E-state index contributed by atoms with van der Waals surface area (Å²) in [5.41, 5.74) is -1.17. The third-order valence-corrected chi connectivity index (χ3v) is 2.98. The van der Waals surface area contributed by atoms with E-state index in [4.69, 9.17) is 0 Å². The molecule has 0 bridgehead atoms. The Morgan fingerprint density at radius 2 is 2.29 bits per heavy atom. The molecule has 2 N–H and O–H groups in total. The summed E-state index contributed by atoms with van der Waals surface area (Å²) in [6.45, 7) is 0. The van der Waals surface area contributed by atoms with E-state index < -0.39 is 28.0 Å². The van der Waals surface area contributed by atoms with Crippen LogP contribution in [0.2, 0.25) is 0 Å². The number of amides is 1. The van der Waals surface area contributed by atoms with Gasteiger partial charge in [-0.1, -0.05) is 15.9 Å². The molecule has 0 spiro atoms. The summed E-state index contributed by atoms with van der Waals surface area (Å²) >= 11 is 3.08. The van der Waals surface area contributed by atoms with Crippen molar-refractivity contribution in [2.24, 2.45) is 0 Å². The van der Waals surface area contributed by atoms with Gasteiger partial charge in [0.05, 0.1) is 17.7 Å². The van der Waals surface area contributed by atoms with Gasteiger partial charge in [-0.3, -0.25) is 20.0 Å². The Labute approximate surface area is 125 Å². The number of aromatic amines is 1. The predicted octanol–water partition coefficient (Wildman–Crippen LogP) is 2.48. The number of anilines is 1. The SMILES string of the molecule is COc1n[nH]c(C(=O)Nc2ccc(Br)cc2F)c1[N+](=O)[O-]. The van der Waals surface area contributed by atoms with Crippen molar-refractivity contribution in [3.05, 3.63) is 44.3 Å². The molecule has 10 heteroatoms. The summed E-state index contributed by atoms with van der Waals surface area (Å²) in [6, 6.07) is 3.98. The van der Waals surface area contributed by atoms with Crippen LogP contribution in [0.3, 0.4) is 0 Å². The highest BCUT2D eigenvalue weighted by Gasteiger charge is 2.30. The van der Waals surface area contributed by atoms with Gasteiger partial charge >= 0.3 is 11.6 Å². The van der Waals surface area contributed by atoms with E-state index in [0.717, 1.165) is 6.07 Å². The van der Waals surface area contributed by atoms with Crippen molar-refractivity contribution >= 4 is 33.2 Å². The molecule has 1 aromatic heterocycles. The zero-order valence-corrected chi connectivity index (χ0v) is 12.1. The first-order chi connectivity index (χ1) is 9.93. The van der Waals surface area contributed by atoms with E-state index in [1.807, 2.05) is 0 Å². The van der Waals surface area contributed by atoms with E-state index in [9.17, 15) is 19.3 Å². The summed E-state index contributed by atoms with van der Waals surface area (Å²) in [4.78, 5) is 22.1. The number of aromatic nitrogens is 2. The smallest absolute Gasteiger partial charge is 0.362 e. The molecule has 21 heavy (non-hydrogen) atoms. The molecule has 0 aliphatic heterocycles. The molecule has 2 aromatic rings. The minimum Gasteiger partial charge on any atom is -0.475 e. The van der Waals surface area contributed by atoms with Crippen LogP contribution in [0.15, 0.2) is 22.7 Å². The van der Waals surface area contributed by atoms with Gasteiger partial charge in [0.1, 0.15) is 5.82 Å². The van der Waals surface area contributed by atoms with E-state index >= 15 is 0 Å². The number of hydrogen-bond donors (Lipinski definition) is 2. The number of halogens is 2. The van der Waals surface area contributed by atoms with Crippen LogP contribution in [0.5, 0.6) is 5.88 Å². The zero-order valence-electron chi connectivity index (χ0n) is 10.5. The van der Waals surface area contributed by atoms with Crippen molar-refractivity contribution in [3.8, 4) is 5.88 Å². The zero-order chi connectivity index (χ0) is 15.6.